The van der Waals surface area contributed by atoms with E-state index >= 15 is 0 Å². The van der Waals surface area contributed by atoms with E-state index in [1.165, 1.54) is 22.9 Å². The highest BCUT2D eigenvalue weighted by molar-refractivity contribution is 7.99. The number of thioether (sulfide) groups is 1. The number of aryl methyl sites for hydroxylation is 3. The maximum absolute atomic E-state index is 12.4. The van der Waals surface area contributed by atoms with Crippen LogP contribution < -0.4 is 5.32 Å². The molecule has 0 spiro atoms. The number of hydrogen-bond acceptors (Lipinski definition) is 5. The van der Waals surface area contributed by atoms with Crippen molar-refractivity contribution in [3.8, 4) is 0 Å². The van der Waals surface area contributed by atoms with Gasteiger partial charge in [0, 0.05) is 23.9 Å². The predicted octanol–water partition coefficient (Wildman–Crippen LogP) is 4.56. The molecule has 0 unspecified atom stereocenters. The Hall–Kier alpha value is -3.19. The average Bonchev–Trinajstić information content (AvgIpc) is 3.23. The van der Waals surface area contributed by atoms with Gasteiger partial charge in [-0.25, -0.2) is 9.50 Å². The third-order valence-electron chi connectivity index (χ3n) is 5.70. The van der Waals surface area contributed by atoms with Gasteiger partial charge in [0.1, 0.15) is 0 Å². The molecule has 4 aromatic rings. The number of aromatic nitrogens is 4. The Morgan fingerprint density at radius 2 is 1.67 bits per heavy atom. The summed E-state index contributed by atoms with van der Waals surface area (Å²) in [5.41, 5.74) is 5.65. The molecule has 1 N–H and O–H groups in total. The zero-order chi connectivity index (χ0) is 23.2. The van der Waals surface area contributed by atoms with E-state index in [4.69, 9.17) is 0 Å². The second-order valence-corrected chi connectivity index (χ2v) is 9.25. The molecular formula is C26H29N5OS. The quantitative estimate of drug-likeness (QED) is 0.372. The molecule has 1 amide bonds. The molecule has 170 valence electrons. The first-order valence-electron chi connectivity index (χ1n) is 11.2. The summed E-state index contributed by atoms with van der Waals surface area (Å²) in [6.07, 6.45) is 2.64. The normalized spacial score (nSPS) is 12.1. The molecule has 2 aromatic heterocycles. The van der Waals surface area contributed by atoms with Crippen LogP contribution in [0.25, 0.3) is 5.78 Å². The van der Waals surface area contributed by atoms with Crippen LogP contribution >= 0.6 is 11.8 Å². The minimum absolute atomic E-state index is 0.00922. The third kappa shape index (κ3) is 5.99. The van der Waals surface area contributed by atoms with Crippen molar-refractivity contribution in [3.63, 3.8) is 0 Å². The highest BCUT2D eigenvalue weighted by Crippen LogP contribution is 2.20. The summed E-state index contributed by atoms with van der Waals surface area (Å²) in [4.78, 5) is 21.6. The first-order chi connectivity index (χ1) is 16.0. The number of benzene rings is 2. The lowest BCUT2D eigenvalue weighted by Crippen LogP contribution is -2.34. The number of carbonyl (C=O) groups is 1. The van der Waals surface area contributed by atoms with Crippen LogP contribution in [-0.2, 0) is 17.6 Å². The van der Waals surface area contributed by atoms with Gasteiger partial charge in [-0.05, 0) is 50.3 Å². The number of nitrogens with zero attached hydrogens (tertiary/aromatic N) is 4. The number of rotatable bonds is 9. The monoisotopic (exact) mass is 459 g/mol. The Morgan fingerprint density at radius 3 is 2.36 bits per heavy atom. The standard InChI is InChI=1S/C26H29N5OS/c1-18(14-15-21-10-6-4-7-11-21)27-24(32)17-33-26-29-25-28-19(2)23(20(3)31(25)30-26)16-22-12-8-5-9-13-22/h4-13,18H,14-17H2,1-3H3,(H,27,32)/t18-/m0/s1. The molecule has 0 radical (unpaired) electrons. The summed E-state index contributed by atoms with van der Waals surface area (Å²) >= 11 is 1.34. The van der Waals surface area contributed by atoms with Gasteiger partial charge in [0.2, 0.25) is 11.1 Å². The van der Waals surface area contributed by atoms with Gasteiger partial charge in [-0.2, -0.15) is 4.98 Å². The number of amides is 1. The first-order valence-corrected chi connectivity index (χ1v) is 12.2. The van der Waals surface area contributed by atoms with Crippen LogP contribution in [0.1, 0.15) is 41.4 Å². The largest absolute Gasteiger partial charge is 0.353 e. The van der Waals surface area contributed by atoms with Gasteiger partial charge in [0.25, 0.3) is 5.78 Å². The number of nitrogens with one attached hydrogen (secondary N) is 1. The fourth-order valence-electron chi connectivity index (χ4n) is 3.85. The number of hydrogen-bond donors (Lipinski definition) is 1. The van der Waals surface area contributed by atoms with Crippen molar-refractivity contribution in [3.05, 3.63) is 88.7 Å². The van der Waals surface area contributed by atoms with E-state index < -0.39 is 0 Å². The van der Waals surface area contributed by atoms with Crippen molar-refractivity contribution in [2.24, 2.45) is 0 Å². The Balaban J connectivity index is 1.35. The van der Waals surface area contributed by atoms with E-state index in [0.29, 0.717) is 10.9 Å². The summed E-state index contributed by atoms with van der Waals surface area (Å²) in [6, 6.07) is 20.8. The molecule has 1 atom stereocenters. The van der Waals surface area contributed by atoms with Crippen molar-refractivity contribution < 1.29 is 4.79 Å². The lowest BCUT2D eigenvalue weighted by molar-refractivity contribution is -0.119. The fourth-order valence-corrected chi connectivity index (χ4v) is 4.48. The van der Waals surface area contributed by atoms with Crippen molar-refractivity contribution >= 4 is 23.4 Å². The van der Waals surface area contributed by atoms with E-state index in [2.05, 4.69) is 44.6 Å². The van der Waals surface area contributed by atoms with E-state index in [1.54, 1.807) is 4.52 Å². The van der Waals surface area contributed by atoms with E-state index in [0.717, 1.165) is 36.2 Å². The summed E-state index contributed by atoms with van der Waals surface area (Å²) in [6.45, 7) is 6.10. The number of fused-ring (bicyclic) bond motifs is 1. The van der Waals surface area contributed by atoms with Gasteiger partial charge in [-0.15, -0.1) is 5.10 Å². The van der Waals surface area contributed by atoms with Gasteiger partial charge < -0.3 is 5.32 Å². The third-order valence-corrected chi connectivity index (χ3v) is 6.54. The molecule has 0 saturated carbocycles. The van der Waals surface area contributed by atoms with E-state index in [9.17, 15) is 4.79 Å². The summed E-state index contributed by atoms with van der Waals surface area (Å²) < 4.78 is 1.79. The van der Waals surface area contributed by atoms with Crippen LogP contribution in [0.5, 0.6) is 0 Å². The van der Waals surface area contributed by atoms with Crippen molar-refractivity contribution in [2.45, 2.75) is 51.2 Å². The second kappa shape index (κ2) is 10.6. The van der Waals surface area contributed by atoms with Crippen molar-refractivity contribution in [1.82, 2.24) is 24.9 Å². The van der Waals surface area contributed by atoms with E-state index in [1.807, 2.05) is 57.2 Å². The van der Waals surface area contributed by atoms with Gasteiger partial charge in [0.05, 0.1) is 5.75 Å². The maximum Gasteiger partial charge on any atom is 0.253 e. The van der Waals surface area contributed by atoms with Crippen LogP contribution in [0.3, 0.4) is 0 Å². The van der Waals surface area contributed by atoms with Crippen LogP contribution in [0.4, 0.5) is 0 Å². The molecular weight excluding hydrogens is 430 g/mol. The molecule has 2 heterocycles. The van der Waals surface area contributed by atoms with Gasteiger partial charge in [-0.1, -0.05) is 72.4 Å². The van der Waals surface area contributed by atoms with Gasteiger partial charge in [0.15, 0.2) is 0 Å². The lowest BCUT2D eigenvalue weighted by atomic mass is 10.0. The first kappa shape index (κ1) is 23.0. The van der Waals surface area contributed by atoms with Crippen molar-refractivity contribution in [1.29, 1.82) is 0 Å². The van der Waals surface area contributed by atoms with Gasteiger partial charge in [-0.3, -0.25) is 4.79 Å². The highest BCUT2D eigenvalue weighted by atomic mass is 32.2. The molecule has 4 rings (SSSR count). The predicted molar refractivity (Wildman–Crippen MR) is 133 cm³/mol. The Morgan fingerprint density at radius 1 is 1.00 bits per heavy atom. The molecule has 6 nitrogen and oxygen atoms in total. The highest BCUT2D eigenvalue weighted by Gasteiger charge is 2.15. The van der Waals surface area contributed by atoms with Crippen LogP contribution in [0, 0.1) is 13.8 Å². The molecule has 33 heavy (non-hydrogen) atoms. The molecule has 0 aliphatic heterocycles. The summed E-state index contributed by atoms with van der Waals surface area (Å²) in [5.74, 6) is 0.840. The molecule has 0 bridgehead atoms. The van der Waals surface area contributed by atoms with Crippen molar-refractivity contribution in [2.75, 3.05) is 5.75 Å². The zero-order valence-electron chi connectivity index (χ0n) is 19.3. The minimum atomic E-state index is -0.00922. The van der Waals surface area contributed by atoms with Crippen LogP contribution in [0.2, 0.25) is 0 Å². The summed E-state index contributed by atoms with van der Waals surface area (Å²) in [7, 11) is 0. The smallest absolute Gasteiger partial charge is 0.253 e. The van der Waals surface area contributed by atoms with E-state index in [-0.39, 0.29) is 17.7 Å². The van der Waals surface area contributed by atoms with Crippen LogP contribution in [-0.4, -0.2) is 37.3 Å². The summed E-state index contributed by atoms with van der Waals surface area (Å²) in [5, 5.41) is 8.25. The SMILES string of the molecule is Cc1nc2nc(SCC(=O)N[C@@H](C)CCc3ccccc3)nn2c(C)c1Cc1ccccc1. The van der Waals surface area contributed by atoms with Gasteiger partial charge >= 0.3 is 0 Å². The lowest BCUT2D eigenvalue weighted by Gasteiger charge is -2.13. The average molecular weight is 460 g/mol. The Labute approximate surface area is 198 Å². The molecule has 0 saturated heterocycles. The number of carbonyl (C=O) groups excluding carboxylic acids is 1. The maximum atomic E-state index is 12.4. The fraction of sp³-hybridized carbons (Fsp3) is 0.308. The Bertz CT molecular complexity index is 1220. The zero-order valence-corrected chi connectivity index (χ0v) is 20.1. The minimum Gasteiger partial charge on any atom is -0.353 e. The molecule has 0 fully saturated rings. The molecule has 0 aliphatic carbocycles. The Kier molecular flexibility index (Phi) is 7.40. The molecule has 7 heteroatoms. The topological polar surface area (TPSA) is 72.2 Å². The second-order valence-electron chi connectivity index (χ2n) is 8.31. The molecule has 0 aliphatic rings. The molecule has 2 aromatic carbocycles. The van der Waals surface area contributed by atoms with Crippen LogP contribution in [0.15, 0.2) is 65.8 Å².